The molecule has 1 aromatic carbocycles. The zero-order valence-corrected chi connectivity index (χ0v) is 22.6. The fraction of sp³-hybridized carbons (Fsp3) is 0.607. The quantitative estimate of drug-likeness (QED) is 0.413. The fourth-order valence-electron chi connectivity index (χ4n) is 6.67. The summed E-state index contributed by atoms with van der Waals surface area (Å²) >= 11 is 6.34. The van der Waals surface area contributed by atoms with Crippen molar-refractivity contribution in [2.24, 2.45) is 11.3 Å². The van der Waals surface area contributed by atoms with Crippen LogP contribution < -0.4 is 10.6 Å². The van der Waals surface area contributed by atoms with Crippen LogP contribution in [0, 0.1) is 11.3 Å². The van der Waals surface area contributed by atoms with E-state index >= 15 is 0 Å². The largest absolute Gasteiger partial charge is 0.467 e. The third-order valence-electron chi connectivity index (χ3n) is 8.71. The van der Waals surface area contributed by atoms with Crippen molar-refractivity contribution in [1.29, 1.82) is 0 Å². The number of para-hydroxylation sites is 1. The van der Waals surface area contributed by atoms with Crippen LogP contribution in [-0.4, -0.2) is 71.3 Å². The number of hydrogen-bond acceptors (Lipinski definition) is 6. The number of amides is 2. The van der Waals surface area contributed by atoms with E-state index in [0.717, 1.165) is 50.3 Å². The molecule has 0 bridgehead atoms. The zero-order chi connectivity index (χ0) is 26.9. The van der Waals surface area contributed by atoms with Gasteiger partial charge in [0.2, 0.25) is 5.91 Å². The van der Waals surface area contributed by atoms with Crippen molar-refractivity contribution in [3.05, 3.63) is 35.0 Å². The number of aliphatic hydroxyl groups is 1. The Hall–Kier alpha value is -2.62. The molecule has 4 N–H and O–H groups in total. The average Bonchev–Trinajstić information content (AvgIpc) is 3.52. The molecule has 0 radical (unpaired) electrons. The second-order valence-electron chi connectivity index (χ2n) is 11.2. The fourth-order valence-corrected chi connectivity index (χ4v) is 6.90. The number of rotatable bonds is 6. The number of nitrogens with one attached hydrogen (secondary N) is 3. The van der Waals surface area contributed by atoms with E-state index in [-0.39, 0.29) is 29.6 Å². The Labute approximate surface area is 227 Å². The van der Waals surface area contributed by atoms with Crippen LogP contribution in [0.5, 0.6) is 0 Å². The van der Waals surface area contributed by atoms with Crippen LogP contribution in [0.25, 0.3) is 10.9 Å². The Balaban J connectivity index is 1.39. The van der Waals surface area contributed by atoms with Crippen LogP contribution in [-0.2, 0) is 14.3 Å². The SMILES string of the molecule is COC(=O)[C@H](C[C@@H]1CCCNC1O)NC(=O)C1CC2(CCCCC2)CN1C(=O)c1cc2cccc(Cl)c2[nH]1. The van der Waals surface area contributed by atoms with Crippen LogP contribution in [0.15, 0.2) is 24.3 Å². The van der Waals surface area contributed by atoms with Gasteiger partial charge in [0.15, 0.2) is 0 Å². The first-order valence-electron chi connectivity index (χ1n) is 13.7. The van der Waals surface area contributed by atoms with Crippen LogP contribution in [0.3, 0.4) is 0 Å². The van der Waals surface area contributed by atoms with Gasteiger partial charge in [-0.1, -0.05) is 43.0 Å². The maximum atomic E-state index is 13.8. The number of H-pyrrole nitrogens is 1. The monoisotopic (exact) mass is 544 g/mol. The Morgan fingerprint density at radius 3 is 2.74 bits per heavy atom. The first-order valence-corrected chi connectivity index (χ1v) is 14.1. The molecule has 5 rings (SSSR count). The second-order valence-corrected chi connectivity index (χ2v) is 11.6. The Morgan fingerprint density at radius 1 is 1.24 bits per heavy atom. The number of carbonyl (C=O) groups excluding carboxylic acids is 3. The molecule has 1 aromatic heterocycles. The summed E-state index contributed by atoms with van der Waals surface area (Å²) in [6, 6.07) is 5.66. The number of aromatic nitrogens is 1. The van der Waals surface area contributed by atoms with E-state index in [4.69, 9.17) is 16.3 Å². The molecule has 2 saturated heterocycles. The number of ether oxygens (including phenoxy) is 1. The smallest absolute Gasteiger partial charge is 0.328 e. The van der Waals surface area contributed by atoms with Gasteiger partial charge >= 0.3 is 5.97 Å². The highest BCUT2D eigenvalue weighted by molar-refractivity contribution is 6.35. The molecule has 3 fully saturated rings. The molecule has 4 atom stereocenters. The number of likely N-dealkylation sites (tertiary alicyclic amines) is 1. The minimum absolute atomic E-state index is 0.107. The molecule has 206 valence electrons. The predicted molar refractivity (Wildman–Crippen MR) is 144 cm³/mol. The number of esters is 1. The lowest BCUT2D eigenvalue weighted by atomic mass is 9.72. The predicted octanol–water partition coefficient (Wildman–Crippen LogP) is 3.35. The molecule has 3 heterocycles. The topological polar surface area (TPSA) is 124 Å². The summed E-state index contributed by atoms with van der Waals surface area (Å²) in [6.45, 7) is 1.22. The molecule has 10 heteroatoms. The van der Waals surface area contributed by atoms with Crippen LogP contribution in [0.2, 0.25) is 5.02 Å². The summed E-state index contributed by atoms with van der Waals surface area (Å²) in [4.78, 5) is 45.1. The highest BCUT2D eigenvalue weighted by Crippen LogP contribution is 2.47. The molecular weight excluding hydrogens is 508 g/mol. The molecule has 3 aliphatic rings. The van der Waals surface area contributed by atoms with Gasteiger partial charge in [-0.2, -0.15) is 0 Å². The van der Waals surface area contributed by atoms with Crippen LogP contribution in [0.1, 0.15) is 68.3 Å². The highest BCUT2D eigenvalue weighted by atomic mass is 35.5. The van der Waals surface area contributed by atoms with Gasteiger partial charge in [0.1, 0.15) is 24.0 Å². The summed E-state index contributed by atoms with van der Waals surface area (Å²) in [5.74, 6) is -1.34. The molecule has 2 aromatic rings. The number of aromatic amines is 1. The first-order chi connectivity index (χ1) is 18.3. The molecule has 2 aliphatic heterocycles. The second kappa shape index (κ2) is 11.2. The number of fused-ring (bicyclic) bond motifs is 1. The van der Waals surface area contributed by atoms with E-state index in [1.165, 1.54) is 7.11 Å². The Morgan fingerprint density at radius 2 is 2.03 bits per heavy atom. The molecular formula is C28H37ClN4O5. The number of piperidine rings is 1. The standard InChI is InChI=1S/C28H37ClN4O5/c1-38-27(37)21(14-18-8-6-12-30-24(18)34)32-25(35)22-15-28(10-3-2-4-11-28)16-33(22)26(36)20-13-17-7-5-9-19(29)23(17)31-20/h5,7,9,13,18,21-22,24,30-31,34H,2-4,6,8,10-12,14-16H2,1H3,(H,32,35)/t18-,21-,22?,24?/m0/s1. The van der Waals surface area contributed by atoms with E-state index < -0.39 is 24.3 Å². The van der Waals surface area contributed by atoms with Gasteiger partial charge < -0.3 is 25.0 Å². The van der Waals surface area contributed by atoms with Gasteiger partial charge in [-0.05, 0) is 62.6 Å². The molecule has 2 amide bonds. The van der Waals surface area contributed by atoms with Gasteiger partial charge in [0, 0.05) is 17.8 Å². The van der Waals surface area contributed by atoms with Crippen molar-refractivity contribution < 1.29 is 24.2 Å². The molecule has 1 spiro atoms. The van der Waals surface area contributed by atoms with Crippen LogP contribution >= 0.6 is 11.6 Å². The summed E-state index contributed by atoms with van der Waals surface area (Å²) in [5.41, 5.74) is 0.972. The van der Waals surface area contributed by atoms with E-state index in [1.54, 1.807) is 17.0 Å². The minimum Gasteiger partial charge on any atom is -0.467 e. The lowest BCUT2D eigenvalue weighted by Crippen LogP contribution is -2.53. The average molecular weight is 545 g/mol. The third kappa shape index (κ3) is 5.42. The molecule has 2 unspecified atom stereocenters. The summed E-state index contributed by atoms with van der Waals surface area (Å²) in [5, 5.41) is 17.6. The number of halogens is 1. The highest BCUT2D eigenvalue weighted by Gasteiger charge is 2.49. The lowest BCUT2D eigenvalue weighted by Gasteiger charge is -2.32. The van der Waals surface area contributed by atoms with E-state index in [9.17, 15) is 19.5 Å². The van der Waals surface area contributed by atoms with E-state index in [0.29, 0.717) is 35.7 Å². The van der Waals surface area contributed by atoms with Crippen molar-refractivity contribution in [1.82, 2.24) is 20.5 Å². The van der Waals surface area contributed by atoms with Crippen molar-refractivity contribution >= 4 is 40.3 Å². The number of nitrogens with zero attached hydrogens (tertiary/aromatic N) is 1. The van der Waals surface area contributed by atoms with Crippen molar-refractivity contribution in [3.63, 3.8) is 0 Å². The van der Waals surface area contributed by atoms with Gasteiger partial charge in [0.25, 0.3) is 5.91 Å². The number of aliphatic hydroxyl groups excluding tert-OH is 1. The van der Waals surface area contributed by atoms with Gasteiger partial charge in [0.05, 0.1) is 17.6 Å². The number of carbonyl (C=O) groups is 3. The zero-order valence-electron chi connectivity index (χ0n) is 21.8. The number of hydrogen-bond donors (Lipinski definition) is 4. The Kier molecular flexibility index (Phi) is 7.98. The van der Waals surface area contributed by atoms with Crippen molar-refractivity contribution in [3.8, 4) is 0 Å². The maximum Gasteiger partial charge on any atom is 0.328 e. The molecule has 9 nitrogen and oxygen atoms in total. The van der Waals surface area contributed by atoms with Gasteiger partial charge in [-0.25, -0.2) is 4.79 Å². The summed E-state index contributed by atoms with van der Waals surface area (Å²) < 4.78 is 5.00. The summed E-state index contributed by atoms with van der Waals surface area (Å²) in [7, 11) is 1.29. The number of methoxy groups -OCH3 is 1. The maximum absolute atomic E-state index is 13.8. The van der Waals surface area contributed by atoms with E-state index in [1.807, 2.05) is 12.1 Å². The summed E-state index contributed by atoms with van der Waals surface area (Å²) in [6.07, 6.45) is 6.98. The number of benzene rings is 1. The normalized spacial score (nSPS) is 25.9. The van der Waals surface area contributed by atoms with Gasteiger partial charge in [-0.3, -0.25) is 14.9 Å². The lowest BCUT2D eigenvalue weighted by molar-refractivity contribution is -0.146. The van der Waals surface area contributed by atoms with Crippen molar-refractivity contribution in [2.75, 3.05) is 20.2 Å². The molecule has 38 heavy (non-hydrogen) atoms. The van der Waals surface area contributed by atoms with Gasteiger partial charge in [-0.15, -0.1) is 0 Å². The van der Waals surface area contributed by atoms with Crippen molar-refractivity contribution in [2.45, 2.75) is 76.1 Å². The molecule has 1 aliphatic carbocycles. The van der Waals surface area contributed by atoms with E-state index in [2.05, 4.69) is 15.6 Å². The molecule has 1 saturated carbocycles. The van der Waals surface area contributed by atoms with Crippen LogP contribution in [0.4, 0.5) is 0 Å². The Bertz CT molecular complexity index is 1190. The third-order valence-corrected chi connectivity index (χ3v) is 9.03. The minimum atomic E-state index is -0.904. The first kappa shape index (κ1) is 27.0.